The average Bonchev–Trinajstić information content (AvgIpc) is 3.29. The highest BCUT2D eigenvalue weighted by atomic mass is 32.2. The van der Waals surface area contributed by atoms with Gasteiger partial charge in [-0.3, -0.25) is 27.5 Å². The minimum Gasteiger partial charge on any atom is -0.481 e. The number of hydrogen-bond acceptors (Lipinski definition) is 19. The maximum Gasteiger partial charge on any atom is 0.306 e. The van der Waals surface area contributed by atoms with E-state index in [0.717, 1.165) is 24.8 Å². The number of carbonyl (C=O) groups excluding carboxylic acids is 2. The molecule has 0 radical (unpaired) electrons. The van der Waals surface area contributed by atoms with Crippen LogP contribution in [-0.4, -0.2) is 99.2 Å². The molecule has 5 N–H and O–H groups in total. The van der Waals surface area contributed by atoms with Gasteiger partial charge in [0.1, 0.15) is 24.9 Å². The molecule has 10 unspecified atom stereocenters. The van der Waals surface area contributed by atoms with Crippen LogP contribution in [0.1, 0.15) is 85.0 Å². The number of aliphatic hydroxyl groups excluding tert-OH is 1. The van der Waals surface area contributed by atoms with Crippen LogP contribution in [0.4, 0.5) is 0 Å². The number of aliphatic carboxylic acids is 2. The van der Waals surface area contributed by atoms with E-state index in [1.165, 1.54) is 0 Å². The van der Waals surface area contributed by atoms with E-state index in [0.29, 0.717) is 19.3 Å². The second-order valence-corrected chi connectivity index (χ2v) is 16.7. The van der Waals surface area contributed by atoms with E-state index in [1.54, 1.807) is 13.8 Å². The second-order valence-electron chi connectivity index (χ2n) is 15.8. The van der Waals surface area contributed by atoms with E-state index in [2.05, 4.69) is 32.2 Å². The Kier molecular flexibility index (Phi) is 15.3. The largest absolute Gasteiger partial charge is 0.481 e. The van der Waals surface area contributed by atoms with Gasteiger partial charge < -0.3 is 34.3 Å². The maximum absolute atomic E-state index is 13.3. The van der Waals surface area contributed by atoms with Crippen molar-refractivity contribution in [2.24, 2.45) is 40.4 Å². The predicted octanol–water partition coefficient (Wildman–Crippen LogP) is 4.45. The Morgan fingerprint density at radius 1 is 0.945 bits per heavy atom. The van der Waals surface area contributed by atoms with Crippen molar-refractivity contribution >= 4 is 48.5 Å². The fourth-order valence-corrected chi connectivity index (χ4v) is 10.9. The number of fused-ring (bicyclic) bond motifs is 3. The number of carbonyl (C=O) groups is 4. The Morgan fingerprint density at radius 2 is 1.64 bits per heavy atom. The lowest BCUT2D eigenvalue weighted by Gasteiger charge is -2.62. The third kappa shape index (κ3) is 9.78. The second kappa shape index (κ2) is 19.1. The number of hydrogen-bond donors (Lipinski definition) is 5. The molecule has 13 atom stereocenters. The molecule has 1 heterocycles. The van der Waals surface area contributed by atoms with Crippen LogP contribution in [-0.2, 0) is 65.2 Å². The van der Waals surface area contributed by atoms with Crippen LogP contribution in [0.25, 0.3) is 0 Å². The predicted molar refractivity (Wildman–Crippen MR) is 185 cm³/mol. The highest BCUT2D eigenvalue weighted by Crippen LogP contribution is 2.70. The summed E-state index contributed by atoms with van der Waals surface area (Å²) >= 11 is 0.204. The van der Waals surface area contributed by atoms with Gasteiger partial charge in [0.15, 0.2) is 37.0 Å². The van der Waals surface area contributed by atoms with Gasteiger partial charge in [0.25, 0.3) is 0 Å². The summed E-state index contributed by atoms with van der Waals surface area (Å²) in [6, 6.07) is 0. The van der Waals surface area contributed by atoms with E-state index in [4.69, 9.17) is 42.9 Å². The molecule has 312 valence electrons. The zero-order chi connectivity index (χ0) is 40.1. The number of rotatable bonds is 19. The first-order chi connectivity index (χ1) is 26.1. The Bertz CT molecular complexity index is 1390. The third-order valence-electron chi connectivity index (χ3n) is 12.2. The van der Waals surface area contributed by atoms with E-state index in [1.807, 2.05) is 0 Å². The molecule has 0 aromatic rings. The van der Waals surface area contributed by atoms with Crippen LogP contribution >= 0.6 is 24.6 Å². The molecule has 0 amide bonds. The molecular formula is C34H50O19S2. The normalized spacial score (nSPS) is 38.2. The van der Waals surface area contributed by atoms with Crippen molar-refractivity contribution in [3.05, 3.63) is 12.2 Å². The molecule has 21 heteroatoms. The summed E-state index contributed by atoms with van der Waals surface area (Å²) in [4.78, 5) is 49.8. The monoisotopic (exact) mass is 826 g/mol. The van der Waals surface area contributed by atoms with Crippen molar-refractivity contribution in [3.8, 4) is 0 Å². The van der Waals surface area contributed by atoms with Crippen LogP contribution in [0, 0.1) is 40.4 Å². The standard InChI is InChI=1S/C34H50O19S2/c1-16(2)11-26(38)47-29-28(49-55-53-51-43)27(48-54-52-50-42)22(15-44-25(37)8-7-24(35)36)46-32(29)45-19-12-20(31(40)41)21-9-10-34-13-18(17(3)30(34)39)5-6-23(34)33(21,4)14-19/h16,18-23,27-30,32,39,42-43H,3,5-15H2,1-2,4H3,(H,35,36)(H,40,41)/t18?,19?,20?,21?,22-,23?,27+,28?,29?,30-,32?,33?,34?/m0/s1. The van der Waals surface area contributed by atoms with Crippen molar-refractivity contribution < 1.29 is 91.1 Å². The summed E-state index contributed by atoms with van der Waals surface area (Å²) in [5.41, 5.74) is -0.194. The molecule has 1 saturated heterocycles. The van der Waals surface area contributed by atoms with Crippen molar-refractivity contribution in [3.63, 3.8) is 0 Å². The van der Waals surface area contributed by atoms with Gasteiger partial charge in [0, 0.05) is 11.8 Å². The Labute approximate surface area is 326 Å². The molecule has 1 aliphatic heterocycles. The van der Waals surface area contributed by atoms with Gasteiger partial charge in [0.05, 0.1) is 31.0 Å². The zero-order valence-electron chi connectivity index (χ0n) is 30.7. The maximum atomic E-state index is 13.3. The first kappa shape index (κ1) is 44.0. The van der Waals surface area contributed by atoms with Gasteiger partial charge in [0.2, 0.25) is 0 Å². The lowest BCUT2D eigenvalue weighted by Crippen LogP contribution is -2.63. The number of ether oxygens (including phenoxy) is 4. The molecule has 4 saturated carbocycles. The molecule has 5 fully saturated rings. The zero-order valence-corrected chi connectivity index (χ0v) is 32.3. The van der Waals surface area contributed by atoms with Crippen molar-refractivity contribution in [1.82, 2.24) is 0 Å². The lowest BCUT2D eigenvalue weighted by molar-refractivity contribution is -0.436. The lowest BCUT2D eigenvalue weighted by atomic mass is 9.43. The molecule has 0 aromatic heterocycles. The summed E-state index contributed by atoms with van der Waals surface area (Å²) in [6.07, 6.45) is -5.63. The molecule has 5 rings (SSSR count). The Balaban J connectivity index is 1.48. The Hall–Kier alpha value is -2.12. The smallest absolute Gasteiger partial charge is 0.306 e. The molecule has 19 nitrogen and oxygen atoms in total. The summed E-state index contributed by atoms with van der Waals surface area (Å²) in [7, 11) is 0. The molecule has 55 heavy (non-hydrogen) atoms. The van der Waals surface area contributed by atoms with Crippen LogP contribution in [0.15, 0.2) is 12.2 Å². The first-order valence-corrected chi connectivity index (χ1v) is 19.6. The van der Waals surface area contributed by atoms with Crippen molar-refractivity contribution in [2.45, 2.75) is 128 Å². The van der Waals surface area contributed by atoms with Crippen molar-refractivity contribution in [2.75, 3.05) is 6.61 Å². The Morgan fingerprint density at radius 3 is 2.27 bits per heavy atom. The minimum atomic E-state index is -1.52. The summed E-state index contributed by atoms with van der Waals surface area (Å²) < 4.78 is 44.4. The molecular weight excluding hydrogens is 776 g/mol. The quantitative estimate of drug-likeness (QED) is 0.0229. The number of carboxylic acids is 2. The minimum absolute atomic E-state index is 0.0333. The van der Waals surface area contributed by atoms with Gasteiger partial charge in [-0.05, 0) is 79.6 Å². The van der Waals surface area contributed by atoms with Gasteiger partial charge >= 0.3 is 23.9 Å². The van der Waals surface area contributed by atoms with Gasteiger partial charge in [-0.25, -0.2) is 10.5 Å². The molecule has 2 bridgehead atoms. The van der Waals surface area contributed by atoms with E-state index in [9.17, 15) is 29.4 Å². The summed E-state index contributed by atoms with van der Waals surface area (Å²) in [5.74, 6) is -4.81. The van der Waals surface area contributed by atoms with Gasteiger partial charge in [-0.15, -0.1) is 8.67 Å². The summed E-state index contributed by atoms with van der Waals surface area (Å²) in [6.45, 7) is 9.29. The van der Waals surface area contributed by atoms with Crippen molar-refractivity contribution in [1.29, 1.82) is 0 Å². The molecule has 4 aliphatic carbocycles. The van der Waals surface area contributed by atoms with Crippen LogP contribution in [0.5, 0.6) is 0 Å². The third-order valence-corrected chi connectivity index (χ3v) is 13.1. The highest BCUT2D eigenvalue weighted by molar-refractivity contribution is 7.90. The average molecular weight is 827 g/mol. The molecule has 5 aliphatic rings. The number of aliphatic hydroxyl groups is 1. The van der Waals surface area contributed by atoms with Crippen LogP contribution in [0.3, 0.4) is 0 Å². The van der Waals surface area contributed by atoms with Gasteiger partial charge in [-0.2, -0.15) is 0 Å². The van der Waals surface area contributed by atoms with Crippen LogP contribution < -0.4 is 0 Å². The SMILES string of the molecule is C=C1C2CCC3C4(C)CC(OC5O[C@@H](COC(=O)CCC(=O)O)[C@@H](OSOOO)C(OSOOO)C5OC(=O)CC(C)C)CC(C(=O)O)C4CCC3(C2)[C@H]1O. The van der Waals surface area contributed by atoms with Gasteiger partial charge in [-0.1, -0.05) is 37.4 Å². The molecule has 0 aromatic carbocycles. The highest BCUT2D eigenvalue weighted by Gasteiger charge is 2.67. The molecule has 1 spiro atoms. The fourth-order valence-electron chi connectivity index (χ4n) is 10.1. The fraction of sp³-hybridized carbons (Fsp3) is 0.824. The van der Waals surface area contributed by atoms with E-state index in [-0.39, 0.29) is 61.2 Å². The van der Waals surface area contributed by atoms with Crippen LogP contribution in [0.2, 0.25) is 0 Å². The summed E-state index contributed by atoms with van der Waals surface area (Å²) in [5, 5.41) is 56.0. The van der Waals surface area contributed by atoms with E-state index >= 15 is 0 Å². The first-order valence-electron chi connectivity index (χ1n) is 18.2. The topological polar surface area (TPSA) is 262 Å². The number of esters is 2. The van der Waals surface area contributed by atoms with E-state index < -0.39 is 103 Å². The number of carboxylic acid groups (broad SMARTS) is 2.